The lowest BCUT2D eigenvalue weighted by Gasteiger charge is -2.19. The molecule has 0 saturated heterocycles. The number of fused-ring (bicyclic) bond motifs is 1. The van der Waals surface area contributed by atoms with Crippen molar-refractivity contribution in [3.05, 3.63) is 41.2 Å². The van der Waals surface area contributed by atoms with E-state index in [1.807, 2.05) is 13.1 Å². The van der Waals surface area contributed by atoms with Gasteiger partial charge in [-0.2, -0.15) is 14.6 Å². The predicted molar refractivity (Wildman–Crippen MR) is 93.7 cm³/mol. The fourth-order valence-electron chi connectivity index (χ4n) is 2.70. The lowest BCUT2D eigenvalue weighted by Crippen LogP contribution is -2.13. The largest absolute Gasteiger partial charge is 0.501 e. The number of anilines is 1. The Labute approximate surface area is 141 Å². The maximum absolute atomic E-state index is 6.26. The highest BCUT2D eigenvalue weighted by molar-refractivity contribution is 5.69. The van der Waals surface area contributed by atoms with Gasteiger partial charge in [0, 0.05) is 41.4 Å². The molecular formula is C17H22N6O. The van der Waals surface area contributed by atoms with Gasteiger partial charge in [0.25, 0.3) is 5.78 Å². The fraction of sp³-hybridized carbons (Fsp3) is 0.412. The van der Waals surface area contributed by atoms with Crippen LogP contribution in [0.2, 0.25) is 0 Å². The molecule has 1 aliphatic rings. The lowest BCUT2D eigenvalue weighted by atomic mass is 9.92. The van der Waals surface area contributed by atoms with Crippen molar-refractivity contribution < 1.29 is 4.74 Å². The summed E-state index contributed by atoms with van der Waals surface area (Å²) in [5.74, 6) is 1.99. The Balaban J connectivity index is 1.97. The minimum absolute atomic E-state index is 0.167. The SMILES string of the molecule is COC1=CC(C)(C)C=N/C(Cc2c(C)nc3ncnn3c2N)=C\C1. The van der Waals surface area contributed by atoms with E-state index < -0.39 is 0 Å². The van der Waals surface area contributed by atoms with Crippen LogP contribution in [-0.4, -0.2) is 32.9 Å². The van der Waals surface area contributed by atoms with E-state index in [9.17, 15) is 0 Å². The van der Waals surface area contributed by atoms with Crippen LogP contribution < -0.4 is 5.73 Å². The summed E-state index contributed by atoms with van der Waals surface area (Å²) in [4.78, 5) is 13.2. The number of nitrogens with two attached hydrogens (primary N) is 1. The molecule has 1 aliphatic heterocycles. The second kappa shape index (κ2) is 6.07. The number of rotatable bonds is 3. The summed E-state index contributed by atoms with van der Waals surface area (Å²) < 4.78 is 7.01. The normalized spacial score (nSPS) is 19.3. The van der Waals surface area contributed by atoms with E-state index in [1.54, 1.807) is 11.6 Å². The molecule has 0 aromatic carbocycles. The summed E-state index contributed by atoms with van der Waals surface area (Å²) in [7, 11) is 1.69. The summed E-state index contributed by atoms with van der Waals surface area (Å²) in [6, 6.07) is 0. The van der Waals surface area contributed by atoms with Gasteiger partial charge in [-0.05, 0) is 13.0 Å². The number of aliphatic imine (C=N–C) groups is 1. The maximum atomic E-state index is 6.26. The first-order chi connectivity index (χ1) is 11.4. The van der Waals surface area contributed by atoms with Crippen LogP contribution in [0.15, 0.2) is 34.9 Å². The Morgan fingerprint density at radius 2 is 2.17 bits per heavy atom. The Morgan fingerprint density at radius 1 is 1.38 bits per heavy atom. The first-order valence-corrected chi connectivity index (χ1v) is 7.84. The zero-order valence-electron chi connectivity index (χ0n) is 14.4. The van der Waals surface area contributed by atoms with Crippen LogP contribution >= 0.6 is 0 Å². The average Bonchev–Trinajstić information content (AvgIpc) is 2.98. The van der Waals surface area contributed by atoms with Crippen molar-refractivity contribution in [1.82, 2.24) is 19.6 Å². The molecule has 0 spiro atoms. The summed E-state index contributed by atoms with van der Waals surface area (Å²) in [5.41, 5.74) is 8.78. The van der Waals surface area contributed by atoms with Crippen molar-refractivity contribution in [3.63, 3.8) is 0 Å². The minimum atomic E-state index is -0.167. The number of hydrogen-bond acceptors (Lipinski definition) is 6. The van der Waals surface area contributed by atoms with Gasteiger partial charge < -0.3 is 10.5 Å². The lowest BCUT2D eigenvalue weighted by molar-refractivity contribution is 0.279. The van der Waals surface area contributed by atoms with Crippen molar-refractivity contribution in [2.45, 2.75) is 33.6 Å². The van der Waals surface area contributed by atoms with Crippen LogP contribution in [0.4, 0.5) is 5.82 Å². The van der Waals surface area contributed by atoms with Gasteiger partial charge in [0.1, 0.15) is 12.1 Å². The third-order valence-corrected chi connectivity index (χ3v) is 4.03. The van der Waals surface area contributed by atoms with E-state index in [0.717, 1.165) is 22.7 Å². The molecule has 126 valence electrons. The molecular weight excluding hydrogens is 304 g/mol. The van der Waals surface area contributed by atoms with Crippen molar-refractivity contribution in [1.29, 1.82) is 0 Å². The zero-order chi connectivity index (χ0) is 17.3. The molecule has 3 heterocycles. The third-order valence-electron chi connectivity index (χ3n) is 4.03. The molecule has 2 aromatic heterocycles. The van der Waals surface area contributed by atoms with Crippen molar-refractivity contribution in [2.75, 3.05) is 12.8 Å². The van der Waals surface area contributed by atoms with E-state index in [4.69, 9.17) is 10.5 Å². The predicted octanol–water partition coefficient (Wildman–Crippen LogP) is 2.47. The van der Waals surface area contributed by atoms with Crippen LogP contribution in [-0.2, 0) is 11.2 Å². The molecule has 0 aliphatic carbocycles. The summed E-state index contributed by atoms with van der Waals surface area (Å²) >= 11 is 0. The van der Waals surface area contributed by atoms with E-state index in [1.165, 1.54) is 6.33 Å². The molecule has 7 nitrogen and oxygen atoms in total. The Hall–Kier alpha value is -2.70. The summed E-state index contributed by atoms with van der Waals surface area (Å²) in [6.07, 6.45) is 8.82. The number of aromatic nitrogens is 4. The molecule has 0 radical (unpaired) electrons. The maximum Gasteiger partial charge on any atom is 0.254 e. The first kappa shape index (κ1) is 16.2. The fourth-order valence-corrected chi connectivity index (χ4v) is 2.70. The van der Waals surface area contributed by atoms with Crippen LogP contribution in [0, 0.1) is 12.3 Å². The van der Waals surface area contributed by atoms with Crippen molar-refractivity contribution in [2.24, 2.45) is 10.4 Å². The monoisotopic (exact) mass is 326 g/mol. The summed E-state index contributed by atoms with van der Waals surface area (Å²) in [5, 5.41) is 4.13. The number of nitrogen functional groups attached to an aromatic ring is 1. The second-order valence-electron chi connectivity index (χ2n) is 6.50. The van der Waals surface area contributed by atoms with Gasteiger partial charge in [-0.15, -0.1) is 0 Å². The zero-order valence-corrected chi connectivity index (χ0v) is 14.4. The Kier molecular flexibility index (Phi) is 4.09. The van der Waals surface area contributed by atoms with Gasteiger partial charge in [-0.1, -0.05) is 19.9 Å². The van der Waals surface area contributed by atoms with Gasteiger partial charge in [0.05, 0.1) is 12.9 Å². The van der Waals surface area contributed by atoms with Crippen molar-refractivity contribution >= 4 is 17.8 Å². The molecule has 0 amide bonds. The Morgan fingerprint density at radius 3 is 2.92 bits per heavy atom. The highest BCUT2D eigenvalue weighted by Gasteiger charge is 2.18. The highest BCUT2D eigenvalue weighted by atomic mass is 16.5. The first-order valence-electron chi connectivity index (χ1n) is 7.84. The van der Waals surface area contributed by atoms with E-state index >= 15 is 0 Å². The number of methoxy groups -OCH3 is 1. The quantitative estimate of drug-likeness (QED) is 0.935. The van der Waals surface area contributed by atoms with Gasteiger partial charge >= 0.3 is 0 Å². The third kappa shape index (κ3) is 3.15. The number of aryl methyl sites for hydroxylation is 1. The van der Waals surface area contributed by atoms with Crippen LogP contribution in [0.5, 0.6) is 0 Å². The molecule has 2 N–H and O–H groups in total. The smallest absolute Gasteiger partial charge is 0.254 e. The molecule has 0 atom stereocenters. The molecule has 0 fully saturated rings. The summed E-state index contributed by atoms with van der Waals surface area (Å²) in [6.45, 7) is 6.13. The minimum Gasteiger partial charge on any atom is -0.501 e. The second-order valence-corrected chi connectivity index (χ2v) is 6.50. The molecule has 24 heavy (non-hydrogen) atoms. The van der Waals surface area contributed by atoms with E-state index in [2.05, 4.69) is 46.1 Å². The van der Waals surface area contributed by atoms with Crippen molar-refractivity contribution in [3.8, 4) is 0 Å². The molecule has 0 bridgehead atoms. The van der Waals surface area contributed by atoms with Gasteiger partial charge in [0.15, 0.2) is 0 Å². The molecule has 3 rings (SSSR count). The van der Waals surface area contributed by atoms with Gasteiger partial charge in [-0.25, -0.2) is 4.98 Å². The van der Waals surface area contributed by atoms with Gasteiger partial charge in [0.2, 0.25) is 0 Å². The standard InChI is InChI=1S/C17H22N6O/c1-11-14(15(18)23-16(22-11)20-10-21-23)7-12-5-6-13(24-4)8-17(2,3)9-19-12/h5,8-10H,6-7,18H2,1-4H3/b12-5-,13-8?,19-9?. The number of hydrogen-bond donors (Lipinski definition) is 1. The number of allylic oxidation sites excluding steroid dienone is 3. The topological polar surface area (TPSA) is 90.7 Å². The molecule has 2 aromatic rings. The number of ether oxygens (including phenoxy) is 1. The Bertz CT molecular complexity index is 859. The van der Waals surface area contributed by atoms with E-state index in [0.29, 0.717) is 24.4 Å². The molecule has 0 saturated carbocycles. The van der Waals surface area contributed by atoms with Crippen LogP contribution in [0.3, 0.4) is 0 Å². The van der Waals surface area contributed by atoms with Crippen LogP contribution in [0.25, 0.3) is 5.78 Å². The van der Waals surface area contributed by atoms with E-state index in [-0.39, 0.29) is 5.41 Å². The molecule has 0 unspecified atom stereocenters. The van der Waals surface area contributed by atoms with Crippen LogP contribution in [0.1, 0.15) is 31.5 Å². The average molecular weight is 326 g/mol. The van der Waals surface area contributed by atoms with Gasteiger partial charge in [-0.3, -0.25) is 4.99 Å². The molecule has 7 heteroatoms. The highest BCUT2D eigenvalue weighted by Crippen LogP contribution is 2.25. The number of nitrogens with zero attached hydrogens (tertiary/aromatic N) is 5.